The Morgan fingerprint density at radius 1 is 0.892 bits per heavy atom. The van der Waals surface area contributed by atoms with Crippen molar-refractivity contribution in [2.75, 3.05) is 0 Å². The van der Waals surface area contributed by atoms with E-state index in [0.29, 0.717) is 17.1 Å². The minimum absolute atomic E-state index is 0.198. The zero-order valence-electron chi connectivity index (χ0n) is 21.8. The lowest BCUT2D eigenvalue weighted by atomic mass is 10.0. The number of rotatable bonds is 17. The molecule has 0 saturated heterocycles. The van der Waals surface area contributed by atoms with E-state index in [1.54, 1.807) is 24.3 Å². The molecule has 0 heterocycles. The van der Waals surface area contributed by atoms with Crippen LogP contribution in [0.4, 0.5) is 11.4 Å². The van der Waals surface area contributed by atoms with Gasteiger partial charge in [0.05, 0.1) is 16.9 Å². The van der Waals surface area contributed by atoms with E-state index < -0.39 is 11.9 Å². The predicted octanol–water partition coefficient (Wildman–Crippen LogP) is 9.08. The number of hydrogen-bond donors (Lipinski definition) is 1. The number of unbranched alkanes of at least 4 members (excludes halogenated alkanes) is 6. The molecule has 196 valence electrons. The SMILES string of the molecule is C=CC(=O)Oc1ccc(N=Nc2ccc(C(=O)O)cc2)c(CCCCCCC/C=C\C/C=C\CCC)c1. The summed E-state index contributed by atoms with van der Waals surface area (Å²) < 4.78 is 5.28. The highest BCUT2D eigenvalue weighted by Crippen LogP contribution is 2.28. The smallest absolute Gasteiger partial charge is 0.335 e. The van der Waals surface area contributed by atoms with Gasteiger partial charge in [0, 0.05) is 6.08 Å². The molecule has 1 N–H and O–H groups in total. The van der Waals surface area contributed by atoms with Crippen LogP contribution in [0.3, 0.4) is 0 Å². The van der Waals surface area contributed by atoms with Gasteiger partial charge in [-0.05, 0) is 86.6 Å². The molecule has 0 aromatic heterocycles. The number of hydrogen-bond acceptors (Lipinski definition) is 5. The van der Waals surface area contributed by atoms with Gasteiger partial charge in [0.25, 0.3) is 0 Å². The standard InChI is InChI=1S/C31H38N2O4/c1-3-5-6-7-8-9-10-11-12-13-14-15-16-17-26-24-28(37-30(34)4-2)22-23-29(26)33-32-27-20-18-25(19-21-27)31(35)36/h4,6-7,9-10,18-24H,2-3,5,8,11-17H2,1H3,(H,35,36)/b7-6-,10-9-,33-32?. The van der Waals surface area contributed by atoms with E-state index in [0.717, 1.165) is 50.2 Å². The van der Waals surface area contributed by atoms with Crippen LogP contribution < -0.4 is 4.74 Å². The Bertz CT molecular complexity index is 1080. The van der Waals surface area contributed by atoms with Gasteiger partial charge in [-0.2, -0.15) is 10.2 Å². The Morgan fingerprint density at radius 3 is 2.30 bits per heavy atom. The summed E-state index contributed by atoms with van der Waals surface area (Å²) in [5.74, 6) is -1.05. The van der Waals surface area contributed by atoms with Crippen molar-refractivity contribution in [3.63, 3.8) is 0 Å². The molecular weight excluding hydrogens is 464 g/mol. The molecule has 0 radical (unpaired) electrons. The second kappa shape index (κ2) is 17.6. The Kier molecular flexibility index (Phi) is 14.0. The lowest BCUT2D eigenvalue weighted by Crippen LogP contribution is -2.03. The molecule has 0 fully saturated rings. The van der Waals surface area contributed by atoms with Crippen LogP contribution in [0.15, 0.2) is 89.7 Å². The number of allylic oxidation sites excluding steroid dienone is 4. The summed E-state index contributed by atoms with van der Waals surface area (Å²) in [5, 5.41) is 17.7. The first-order chi connectivity index (χ1) is 18.0. The molecule has 2 aromatic rings. The number of aryl methyl sites for hydroxylation is 1. The third-order valence-corrected chi connectivity index (χ3v) is 5.70. The minimum atomic E-state index is -0.984. The van der Waals surface area contributed by atoms with Crippen LogP contribution in [0.5, 0.6) is 5.75 Å². The Morgan fingerprint density at radius 2 is 1.59 bits per heavy atom. The average molecular weight is 503 g/mol. The predicted molar refractivity (Wildman–Crippen MR) is 149 cm³/mol. The van der Waals surface area contributed by atoms with Gasteiger partial charge < -0.3 is 9.84 Å². The quantitative estimate of drug-likeness (QED) is 0.0583. The van der Waals surface area contributed by atoms with Crippen molar-refractivity contribution in [3.8, 4) is 5.75 Å². The molecule has 0 bridgehead atoms. The van der Waals surface area contributed by atoms with Gasteiger partial charge in [-0.15, -0.1) is 0 Å². The van der Waals surface area contributed by atoms with E-state index in [1.807, 2.05) is 6.07 Å². The summed E-state index contributed by atoms with van der Waals surface area (Å²) in [7, 11) is 0. The first-order valence-corrected chi connectivity index (χ1v) is 13.1. The van der Waals surface area contributed by atoms with E-state index in [2.05, 4.69) is 48.0 Å². The first-order valence-electron chi connectivity index (χ1n) is 13.1. The first kappa shape index (κ1) is 29.4. The van der Waals surface area contributed by atoms with E-state index in [9.17, 15) is 9.59 Å². The average Bonchev–Trinajstić information content (AvgIpc) is 2.91. The Labute approximate surface area is 220 Å². The highest BCUT2D eigenvalue weighted by Gasteiger charge is 2.08. The lowest BCUT2D eigenvalue weighted by molar-refractivity contribution is -0.128. The van der Waals surface area contributed by atoms with Crippen molar-refractivity contribution < 1.29 is 19.4 Å². The molecule has 0 aliphatic rings. The zero-order chi connectivity index (χ0) is 26.7. The molecule has 0 unspecified atom stereocenters. The van der Waals surface area contributed by atoms with Crippen molar-refractivity contribution in [1.82, 2.24) is 0 Å². The van der Waals surface area contributed by atoms with Crippen LogP contribution in [0.1, 0.15) is 80.6 Å². The molecular formula is C31H38N2O4. The molecule has 0 spiro atoms. The van der Waals surface area contributed by atoms with Crippen LogP contribution in [0, 0.1) is 0 Å². The Hall–Kier alpha value is -3.80. The fraction of sp³-hybridized carbons (Fsp3) is 0.355. The molecule has 0 saturated carbocycles. The lowest BCUT2D eigenvalue weighted by Gasteiger charge is -2.08. The fourth-order valence-electron chi connectivity index (χ4n) is 3.64. The molecule has 0 amide bonds. The number of carboxylic acid groups (broad SMARTS) is 1. The summed E-state index contributed by atoms with van der Waals surface area (Å²) in [4.78, 5) is 22.6. The number of aromatic carboxylic acids is 1. The number of ether oxygens (including phenoxy) is 1. The van der Waals surface area contributed by atoms with Crippen LogP contribution in [0.2, 0.25) is 0 Å². The highest BCUT2D eigenvalue weighted by molar-refractivity contribution is 5.87. The molecule has 2 rings (SSSR count). The van der Waals surface area contributed by atoms with Gasteiger partial charge in [0.15, 0.2) is 0 Å². The third kappa shape index (κ3) is 12.1. The summed E-state index contributed by atoms with van der Waals surface area (Å²) in [6.07, 6.45) is 21.1. The number of carbonyl (C=O) groups is 2. The van der Waals surface area contributed by atoms with Gasteiger partial charge in [0.2, 0.25) is 0 Å². The van der Waals surface area contributed by atoms with Gasteiger partial charge in [0.1, 0.15) is 5.75 Å². The second-order valence-corrected chi connectivity index (χ2v) is 8.74. The van der Waals surface area contributed by atoms with Gasteiger partial charge in [-0.1, -0.05) is 63.5 Å². The van der Waals surface area contributed by atoms with Crippen LogP contribution in [-0.2, 0) is 11.2 Å². The van der Waals surface area contributed by atoms with Gasteiger partial charge in [-0.25, -0.2) is 9.59 Å². The third-order valence-electron chi connectivity index (χ3n) is 5.70. The normalized spacial score (nSPS) is 11.5. The van der Waals surface area contributed by atoms with Crippen LogP contribution >= 0.6 is 0 Å². The van der Waals surface area contributed by atoms with Crippen molar-refractivity contribution >= 4 is 23.3 Å². The largest absolute Gasteiger partial charge is 0.478 e. The number of benzene rings is 2. The number of carbonyl (C=O) groups excluding carboxylic acids is 1. The maximum absolute atomic E-state index is 11.6. The van der Waals surface area contributed by atoms with E-state index >= 15 is 0 Å². The Balaban J connectivity index is 1.88. The second-order valence-electron chi connectivity index (χ2n) is 8.74. The monoisotopic (exact) mass is 502 g/mol. The number of azo groups is 1. The molecule has 37 heavy (non-hydrogen) atoms. The zero-order valence-corrected chi connectivity index (χ0v) is 21.8. The molecule has 6 heteroatoms. The molecule has 2 aromatic carbocycles. The summed E-state index contributed by atoms with van der Waals surface area (Å²) >= 11 is 0. The summed E-state index contributed by atoms with van der Waals surface area (Å²) in [6.45, 7) is 5.63. The maximum atomic E-state index is 11.6. The molecule has 6 nitrogen and oxygen atoms in total. The fourth-order valence-corrected chi connectivity index (χ4v) is 3.64. The van der Waals surface area contributed by atoms with Gasteiger partial charge >= 0.3 is 11.9 Å². The van der Waals surface area contributed by atoms with Crippen molar-refractivity contribution in [2.24, 2.45) is 10.2 Å². The molecule has 0 atom stereocenters. The van der Waals surface area contributed by atoms with Crippen LogP contribution in [0.25, 0.3) is 0 Å². The van der Waals surface area contributed by atoms with Crippen molar-refractivity contribution in [3.05, 3.63) is 90.6 Å². The van der Waals surface area contributed by atoms with E-state index in [1.165, 1.54) is 37.8 Å². The summed E-state index contributed by atoms with van der Waals surface area (Å²) in [6, 6.07) is 11.5. The minimum Gasteiger partial charge on any atom is -0.478 e. The van der Waals surface area contributed by atoms with E-state index in [4.69, 9.17) is 9.84 Å². The van der Waals surface area contributed by atoms with Crippen molar-refractivity contribution in [2.45, 2.75) is 71.1 Å². The molecule has 0 aliphatic heterocycles. The van der Waals surface area contributed by atoms with E-state index in [-0.39, 0.29) is 5.56 Å². The molecule has 0 aliphatic carbocycles. The number of esters is 1. The summed E-state index contributed by atoms with van der Waals surface area (Å²) in [5.41, 5.74) is 2.39. The van der Waals surface area contributed by atoms with Crippen LogP contribution in [-0.4, -0.2) is 17.0 Å². The van der Waals surface area contributed by atoms with Gasteiger partial charge in [-0.3, -0.25) is 0 Å². The highest BCUT2D eigenvalue weighted by atomic mass is 16.5. The topological polar surface area (TPSA) is 88.3 Å². The maximum Gasteiger partial charge on any atom is 0.335 e. The van der Waals surface area contributed by atoms with Crippen molar-refractivity contribution in [1.29, 1.82) is 0 Å². The number of nitrogens with zero attached hydrogens (tertiary/aromatic N) is 2. The number of carboxylic acids is 1.